The molecule has 0 aromatic carbocycles. The molecule has 8 heteroatoms. The molecule has 138 valence electrons. The van der Waals surface area contributed by atoms with Crippen molar-refractivity contribution in [3.05, 3.63) is 18.0 Å². The van der Waals surface area contributed by atoms with Crippen LogP contribution >= 0.6 is 11.9 Å². The van der Waals surface area contributed by atoms with E-state index in [1.807, 2.05) is 0 Å². The minimum absolute atomic E-state index is 0.167. The van der Waals surface area contributed by atoms with Crippen molar-refractivity contribution in [3.8, 4) is 0 Å². The van der Waals surface area contributed by atoms with Crippen molar-refractivity contribution >= 4 is 29.8 Å². The van der Waals surface area contributed by atoms with Gasteiger partial charge in [-0.3, -0.25) is 14.3 Å². The summed E-state index contributed by atoms with van der Waals surface area (Å²) in [6, 6.07) is 1.55. The SMILES string of the molecule is CCC(C(=O)OC)(C(=O)OC(C)(C)C)c1ccnc(NSC2CC2)n1. The first-order valence-electron chi connectivity index (χ1n) is 8.30. The van der Waals surface area contributed by atoms with Gasteiger partial charge >= 0.3 is 11.9 Å². The summed E-state index contributed by atoms with van der Waals surface area (Å²) in [6.45, 7) is 6.99. The van der Waals surface area contributed by atoms with Crippen LogP contribution in [0.3, 0.4) is 0 Å². The maximum absolute atomic E-state index is 12.9. The number of esters is 2. The molecule has 0 radical (unpaired) electrons. The maximum atomic E-state index is 12.9. The van der Waals surface area contributed by atoms with Crippen LogP contribution in [0.15, 0.2) is 12.3 Å². The Kier molecular flexibility index (Phi) is 5.92. The Hall–Kier alpha value is -1.83. The van der Waals surface area contributed by atoms with Crippen LogP contribution in [0, 0.1) is 0 Å². The summed E-state index contributed by atoms with van der Waals surface area (Å²) < 4.78 is 13.5. The average molecular weight is 367 g/mol. The number of hydrogen-bond acceptors (Lipinski definition) is 8. The van der Waals surface area contributed by atoms with Gasteiger partial charge in [-0.1, -0.05) is 6.92 Å². The average Bonchev–Trinajstić information content (AvgIpc) is 3.37. The molecule has 1 aliphatic carbocycles. The van der Waals surface area contributed by atoms with Gasteiger partial charge in [-0.25, -0.2) is 9.97 Å². The Balaban J connectivity index is 2.38. The normalized spacial score (nSPS) is 16.7. The van der Waals surface area contributed by atoms with Crippen molar-refractivity contribution in [3.63, 3.8) is 0 Å². The van der Waals surface area contributed by atoms with Crippen LogP contribution in [0.4, 0.5) is 5.95 Å². The van der Waals surface area contributed by atoms with E-state index in [-0.39, 0.29) is 12.1 Å². The fourth-order valence-electron chi connectivity index (χ4n) is 2.27. The predicted molar refractivity (Wildman–Crippen MR) is 96.1 cm³/mol. The zero-order valence-electron chi connectivity index (χ0n) is 15.3. The summed E-state index contributed by atoms with van der Waals surface area (Å²) >= 11 is 1.55. The number of nitrogens with zero attached hydrogens (tertiary/aromatic N) is 2. The third-order valence-corrected chi connectivity index (χ3v) is 4.85. The number of aromatic nitrogens is 2. The third kappa shape index (κ3) is 4.62. The van der Waals surface area contributed by atoms with Gasteiger partial charge in [0.1, 0.15) is 5.60 Å². The van der Waals surface area contributed by atoms with Crippen LogP contribution < -0.4 is 4.72 Å². The van der Waals surface area contributed by atoms with E-state index in [0.29, 0.717) is 11.2 Å². The summed E-state index contributed by atoms with van der Waals surface area (Å²) in [7, 11) is 1.25. The Labute approximate surface area is 152 Å². The second-order valence-corrected chi connectivity index (χ2v) is 8.04. The number of ether oxygens (including phenoxy) is 2. The first kappa shape index (κ1) is 19.5. The van der Waals surface area contributed by atoms with E-state index in [9.17, 15) is 9.59 Å². The minimum atomic E-state index is -1.62. The molecule has 2 rings (SSSR count). The van der Waals surface area contributed by atoms with Crippen molar-refractivity contribution in [2.75, 3.05) is 11.8 Å². The lowest BCUT2D eigenvalue weighted by atomic mass is 9.81. The molecular weight excluding hydrogens is 342 g/mol. The largest absolute Gasteiger partial charge is 0.468 e. The number of anilines is 1. The molecule has 1 atom stereocenters. The number of carbonyl (C=O) groups excluding carboxylic acids is 2. The summed E-state index contributed by atoms with van der Waals surface area (Å²) in [5, 5.41) is 0.564. The fraction of sp³-hybridized carbons (Fsp3) is 0.647. The van der Waals surface area contributed by atoms with E-state index >= 15 is 0 Å². The van der Waals surface area contributed by atoms with E-state index in [2.05, 4.69) is 14.7 Å². The highest BCUT2D eigenvalue weighted by molar-refractivity contribution is 8.01. The molecule has 1 N–H and O–H groups in total. The molecule has 1 fully saturated rings. The monoisotopic (exact) mass is 367 g/mol. The van der Waals surface area contributed by atoms with E-state index < -0.39 is 23.0 Å². The Morgan fingerprint density at radius 1 is 1.32 bits per heavy atom. The molecule has 1 aliphatic rings. The first-order valence-corrected chi connectivity index (χ1v) is 9.18. The highest BCUT2D eigenvalue weighted by Gasteiger charge is 2.51. The Morgan fingerprint density at radius 3 is 2.52 bits per heavy atom. The van der Waals surface area contributed by atoms with Crippen LogP contribution in [0.2, 0.25) is 0 Å². The quantitative estimate of drug-likeness (QED) is 0.447. The van der Waals surface area contributed by atoms with Crippen molar-refractivity contribution < 1.29 is 19.1 Å². The highest BCUT2D eigenvalue weighted by Crippen LogP contribution is 2.35. The summed E-state index contributed by atoms with van der Waals surface area (Å²) in [4.78, 5) is 34.0. The fourth-order valence-corrected chi connectivity index (χ4v) is 3.01. The van der Waals surface area contributed by atoms with Gasteiger partial charge in [-0.2, -0.15) is 0 Å². The second kappa shape index (κ2) is 7.59. The lowest BCUT2D eigenvalue weighted by Gasteiger charge is -2.31. The lowest BCUT2D eigenvalue weighted by Crippen LogP contribution is -2.48. The molecule has 1 aromatic heterocycles. The van der Waals surface area contributed by atoms with Gasteiger partial charge in [0.05, 0.1) is 12.8 Å². The zero-order chi connectivity index (χ0) is 18.7. The lowest BCUT2D eigenvalue weighted by molar-refractivity contribution is -0.171. The van der Waals surface area contributed by atoms with Gasteiger partial charge in [-0.05, 0) is 58.0 Å². The number of rotatable bonds is 7. The summed E-state index contributed by atoms with van der Waals surface area (Å²) in [5.74, 6) is -1.00. The molecule has 1 aromatic rings. The first-order chi connectivity index (χ1) is 11.7. The molecule has 1 unspecified atom stereocenters. The molecule has 7 nitrogen and oxygen atoms in total. The van der Waals surface area contributed by atoms with Crippen LogP contribution in [-0.2, 0) is 24.5 Å². The van der Waals surface area contributed by atoms with Crippen LogP contribution in [0.1, 0.15) is 52.7 Å². The van der Waals surface area contributed by atoms with E-state index in [4.69, 9.17) is 9.47 Å². The Morgan fingerprint density at radius 2 is 2.00 bits per heavy atom. The van der Waals surface area contributed by atoms with Gasteiger partial charge in [0, 0.05) is 11.4 Å². The van der Waals surface area contributed by atoms with Gasteiger partial charge in [0.25, 0.3) is 0 Å². The van der Waals surface area contributed by atoms with Gasteiger partial charge < -0.3 is 9.47 Å². The summed E-state index contributed by atoms with van der Waals surface area (Å²) in [5.41, 5.74) is -2.09. The van der Waals surface area contributed by atoms with E-state index in [1.54, 1.807) is 45.7 Å². The predicted octanol–water partition coefficient (Wildman–Crippen LogP) is 2.86. The topological polar surface area (TPSA) is 90.4 Å². The number of methoxy groups -OCH3 is 1. The highest BCUT2D eigenvalue weighted by atomic mass is 32.2. The van der Waals surface area contributed by atoms with E-state index in [0.717, 1.165) is 12.8 Å². The standard InChI is InChI=1S/C17H25N3O4S/c1-6-17(13(21)23-5,14(22)24-16(2,3)4)12-9-10-18-15(19-12)20-25-11-7-8-11/h9-11H,6-8H2,1-5H3,(H,18,19,20). The van der Waals surface area contributed by atoms with Crippen LogP contribution in [0.5, 0.6) is 0 Å². The molecular formula is C17H25N3O4S. The molecule has 0 amide bonds. The van der Waals surface area contributed by atoms with Gasteiger partial charge in [0.2, 0.25) is 11.4 Å². The number of nitrogens with one attached hydrogen (secondary N) is 1. The minimum Gasteiger partial charge on any atom is -0.468 e. The van der Waals surface area contributed by atoms with Crippen molar-refractivity contribution in [1.82, 2.24) is 9.97 Å². The molecule has 0 bridgehead atoms. The molecule has 1 saturated carbocycles. The maximum Gasteiger partial charge on any atom is 0.330 e. The second-order valence-electron chi connectivity index (χ2n) is 6.94. The molecule has 25 heavy (non-hydrogen) atoms. The number of carbonyl (C=O) groups is 2. The smallest absolute Gasteiger partial charge is 0.330 e. The molecule has 0 saturated heterocycles. The molecule has 0 spiro atoms. The molecule has 1 heterocycles. The van der Waals surface area contributed by atoms with E-state index in [1.165, 1.54) is 13.3 Å². The van der Waals surface area contributed by atoms with Crippen LogP contribution in [-0.4, -0.2) is 39.9 Å². The number of hydrogen-bond donors (Lipinski definition) is 1. The Bertz CT molecular complexity index is 643. The third-order valence-electron chi connectivity index (χ3n) is 3.75. The van der Waals surface area contributed by atoms with Crippen LogP contribution in [0.25, 0.3) is 0 Å². The van der Waals surface area contributed by atoms with Crippen molar-refractivity contribution in [1.29, 1.82) is 0 Å². The van der Waals surface area contributed by atoms with Gasteiger partial charge in [0.15, 0.2) is 0 Å². The summed E-state index contributed by atoms with van der Waals surface area (Å²) in [6.07, 6.45) is 4.02. The van der Waals surface area contributed by atoms with Crippen molar-refractivity contribution in [2.45, 2.75) is 63.2 Å². The zero-order valence-corrected chi connectivity index (χ0v) is 16.1. The van der Waals surface area contributed by atoms with Crippen molar-refractivity contribution in [2.24, 2.45) is 0 Å². The molecule has 0 aliphatic heterocycles. The van der Waals surface area contributed by atoms with Gasteiger partial charge in [-0.15, -0.1) is 0 Å².